The van der Waals surface area contributed by atoms with Gasteiger partial charge in [0.2, 0.25) is 0 Å². The van der Waals surface area contributed by atoms with Crippen molar-refractivity contribution in [2.24, 2.45) is 4.99 Å². The molecule has 3 aromatic rings. The molecule has 5 heterocycles. The average molecular weight is 469 g/mol. The van der Waals surface area contributed by atoms with E-state index in [0.29, 0.717) is 35.8 Å². The first-order valence-electron chi connectivity index (χ1n) is 12.0. The molecule has 2 aromatic heterocycles. The molecule has 3 N–H and O–H groups in total. The van der Waals surface area contributed by atoms with Crippen LogP contribution in [0, 0.1) is 0 Å². The Morgan fingerprint density at radius 2 is 2.09 bits per heavy atom. The number of likely N-dealkylation sites (tertiary alicyclic amines) is 1. The van der Waals surface area contributed by atoms with Gasteiger partial charge in [-0.2, -0.15) is 0 Å². The van der Waals surface area contributed by atoms with Gasteiger partial charge in [-0.05, 0) is 31.9 Å². The third kappa shape index (κ3) is 3.89. The summed E-state index contributed by atoms with van der Waals surface area (Å²) in [6, 6.07) is 8.10. The fourth-order valence-corrected chi connectivity index (χ4v) is 5.31. The van der Waals surface area contributed by atoms with Crippen LogP contribution in [0.2, 0.25) is 0 Å². The zero-order chi connectivity index (χ0) is 23.9. The van der Waals surface area contributed by atoms with E-state index in [1.807, 2.05) is 43.6 Å². The molecule has 178 valence electrons. The first-order valence-corrected chi connectivity index (χ1v) is 12.0. The van der Waals surface area contributed by atoms with E-state index < -0.39 is 0 Å². The van der Waals surface area contributed by atoms with Crippen LogP contribution in [0.1, 0.15) is 35.7 Å². The van der Waals surface area contributed by atoms with Crippen molar-refractivity contribution in [3.63, 3.8) is 0 Å². The number of hydrogen-bond acceptors (Lipinski definition) is 5. The second kappa shape index (κ2) is 8.70. The summed E-state index contributed by atoms with van der Waals surface area (Å²) in [4.78, 5) is 27.7. The van der Waals surface area contributed by atoms with Gasteiger partial charge < -0.3 is 25.3 Å². The number of carbonyl (C=O) groups is 1. The third-order valence-electron chi connectivity index (χ3n) is 7.00. The minimum Gasteiger partial charge on any atom is -0.371 e. The zero-order valence-corrected chi connectivity index (χ0v) is 19.7. The number of aromatic nitrogens is 2. The number of aliphatic imine (C=N–C) groups is 1. The number of H-pyrrole nitrogens is 1. The molecular formula is C27H28N6O2. The number of hydrogen-bond donors (Lipinski definition) is 3. The Morgan fingerprint density at radius 3 is 2.89 bits per heavy atom. The van der Waals surface area contributed by atoms with Crippen molar-refractivity contribution in [3.05, 3.63) is 72.3 Å². The van der Waals surface area contributed by atoms with E-state index in [0.717, 1.165) is 59.4 Å². The molecular weight excluding hydrogens is 440 g/mol. The summed E-state index contributed by atoms with van der Waals surface area (Å²) in [5, 5.41) is 7.33. The van der Waals surface area contributed by atoms with Crippen LogP contribution < -0.4 is 10.6 Å². The lowest BCUT2D eigenvalue weighted by atomic mass is 10.0. The number of amides is 1. The Hall–Kier alpha value is -3.91. The first-order chi connectivity index (χ1) is 17.1. The molecule has 0 radical (unpaired) electrons. The van der Waals surface area contributed by atoms with Crippen LogP contribution in [-0.4, -0.2) is 51.9 Å². The van der Waals surface area contributed by atoms with Gasteiger partial charge in [-0.1, -0.05) is 24.8 Å². The molecule has 1 amide bonds. The minimum absolute atomic E-state index is 0.107. The van der Waals surface area contributed by atoms with Crippen LogP contribution in [0.15, 0.2) is 66.2 Å². The fourth-order valence-electron chi connectivity index (χ4n) is 5.31. The highest BCUT2D eigenvalue weighted by atomic mass is 16.5. The quantitative estimate of drug-likeness (QED) is 0.297. The van der Waals surface area contributed by atoms with E-state index in [2.05, 4.69) is 38.2 Å². The topological polar surface area (TPSA) is 94.6 Å². The number of ether oxygens (including phenoxy) is 1. The summed E-state index contributed by atoms with van der Waals surface area (Å²) in [6.07, 6.45) is 10.2. The van der Waals surface area contributed by atoms with E-state index in [1.54, 1.807) is 6.20 Å². The molecule has 2 saturated heterocycles. The molecule has 3 aliphatic heterocycles. The number of morpholine rings is 1. The first kappa shape index (κ1) is 21.6. The van der Waals surface area contributed by atoms with Gasteiger partial charge in [0, 0.05) is 47.9 Å². The monoisotopic (exact) mass is 468 g/mol. The Labute approximate surface area is 203 Å². The highest BCUT2D eigenvalue weighted by Crippen LogP contribution is 2.35. The molecule has 0 saturated carbocycles. The number of nitrogens with zero attached hydrogens (tertiary/aromatic N) is 3. The maximum Gasteiger partial charge on any atom is 0.254 e. The second-order valence-electron chi connectivity index (χ2n) is 9.26. The van der Waals surface area contributed by atoms with Gasteiger partial charge in [0.05, 0.1) is 47.2 Å². The van der Waals surface area contributed by atoms with Crippen LogP contribution >= 0.6 is 0 Å². The number of allylic oxidation sites excluding steroid dienone is 1. The van der Waals surface area contributed by atoms with Crippen LogP contribution in [0.25, 0.3) is 22.2 Å². The standard InChI is InChI=1S/C27H28N6O2/c1-3-17(33-14-18-8-9-19(15-33)35-18)10-28-16(2)32-24-13-30-26(22-12-31-27(34)25(22)24)21-11-29-23-7-5-4-6-20(21)23/h3-7,10-11,13,18-19,29H,1,8-9,12,14-15H2,2H3,(H,28,32)(H,31,34)/b17-10+. The number of fused-ring (bicyclic) bond motifs is 4. The predicted molar refractivity (Wildman–Crippen MR) is 137 cm³/mol. The number of rotatable bonds is 5. The predicted octanol–water partition coefficient (Wildman–Crippen LogP) is 4.19. The number of para-hydroxylation sites is 1. The highest BCUT2D eigenvalue weighted by molar-refractivity contribution is 6.09. The van der Waals surface area contributed by atoms with Crippen molar-refractivity contribution in [1.29, 1.82) is 0 Å². The SMILES string of the molecule is C=C/C(=C\N=C(/C)Nc1cnc(-c2c[nH]c3ccccc23)c2c1C(=O)NC2)N1CC2CCC(C1)O2. The van der Waals surface area contributed by atoms with Crippen molar-refractivity contribution in [1.82, 2.24) is 20.2 Å². The molecule has 3 aliphatic rings. The van der Waals surface area contributed by atoms with Crippen molar-refractivity contribution in [3.8, 4) is 11.3 Å². The number of anilines is 1. The van der Waals surface area contributed by atoms with Gasteiger partial charge in [0.25, 0.3) is 5.91 Å². The lowest BCUT2D eigenvalue weighted by Crippen LogP contribution is -2.41. The fraction of sp³-hybridized carbons (Fsp3) is 0.296. The number of nitrogens with one attached hydrogen (secondary N) is 3. The van der Waals surface area contributed by atoms with Gasteiger partial charge in [-0.3, -0.25) is 9.78 Å². The summed E-state index contributed by atoms with van der Waals surface area (Å²) in [5.41, 5.74) is 5.98. The second-order valence-corrected chi connectivity index (χ2v) is 9.26. The van der Waals surface area contributed by atoms with Gasteiger partial charge in [-0.25, -0.2) is 4.99 Å². The summed E-state index contributed by atoms with van der Waals surface area (Å²) in [5.74, 6) is 0.564. The minimum atomic E-state index is -0.107. The Bertz CT molecular complexity index is 1380. The molecule has 0 spiro atoms. The van der Waals surface area contributed by atoms with E-state index in [9.17, 15) is 4.79 Å². The number of carbonyl (C=O) groups excluding carboxylic acids is 1. The lowest BCUT2D eigenvalue weighted by molar-refractivity contribution is -0.0254. The van der Waals surface area contributed by atoms with Crippen LogP contribution in [0.3, 0.4) is 0 Å². The lowest BCUT2D eigenvalue weighted by Gasteiger charge is -2.34. The Morgan fingerprint density at radius 1 is 1.29 bits per heavy atom. The molecule has 6 rings (SSSR count). The molecule has 2 bridgehead atoms. The van der Waals surface area contributed by atoms with Crippen molar-refractivity contribution < 1.29 is 9.53 Å². The zero-order valence-electron chi connectivity index (χ0n) is 19.7. The van der Waals surface area contributed by atoms with Crippen molar-refractivity contribution in [2.45, 2.75) is 38.5 Å². The molecule has 8 nitrogen and oxygen atoms in total. The third-order valence-corrected chi connectivity index (χ3v) is 7.00. The van der Waals surface area contributed by atoms with E-state index in [-0.39, 0.29) is 5.91 Å². The number of amidine groups is 1. The van der Waals surface area contributed by atoms with Gasteiger partial charge in [0.1, 0.15) is 5.84 Å². The van der Waals surface area contributed by atoms with E-state index >= 15 is 0 Å². The van der Waals surface area contributed by atoms with Gasteiger partial charge in [0.15, 0.2) is 0 Å². The molecule has 0 aliphatic carbocycles. The number of aromatic amines is 1. The molecule has 2 atom stereocenters. The molecule has 2 unspecified atom stereocenters. The van der Waals surface area contributed by atoms with Gasteiger partial charge in [-0.15, -0.1) is 0 Å². The Balaban J connectivity index is 1.28. The summed E-state index contributed by atoms with van der Waals surface area (Å²) < 4.78 is 5.94. The number of pyridine rings is 1. The molecule has 35 heavy (non-hydrogen) atoms. The highest BCUT2D eigenvalue weighted by Gasteiger charge is 2.34. The van der Waals surface area contributed by atoms with E-state index in [1.165, 1.54) is 0 Å². The molecule has 2 fully saturated rings. The van der Waals surface area contributed by atoms with Crippen molar-refractivity contribution in [2.75, 3.05) is 18.4 Å². The number of benzene rings is 1. The smallest absolute Gasteiger partial charge is 0.254 e. The maximum absolute atomic E-state index is 12.8. The normalized spacial score (nSPS) is 21.9. The average Bonchev–Trinajstić information content (AvgIpc) is 3.57. The molecule has 8 heteroatoms. The summed E-state index contributed by atoms with van der Waals surface area (Å²) >= 11 is 0. The Kier molecular flexibility index (Phi) is 5.37. The molecule has 1 aromatic carbocycles. The van der Waals surface area contributed by atoms with Crippen LogP contribution in [-0.2, 0) is 11.3 Å². The van der Waals surface area contributed by atoms with Crippen molar-refractivity contribution >= 4 is 28.3 Å². The van der Waals surface area contributed by atoms with E-state index in [4.69, 9.17) is 9.72 Å². The van der Waals surface area contributed by atoms with Crippen LogP contribution in [0.4, 0.5) is 5.69 Å². The van der Waals surface area contributed by atoms with Crippen LogP contribution in [0.5, 0.6) is 0 Å². The summed E-state index contributed by atoms with van der Waals surface area (Å²) in [6.45, 7) is 8.03. The maximum atomic E-state index is 12.8. The van der Waals surface area contributed by atoms with Gasteiger partial charge >= 0.3 is 0 Å². The summed E-state index contributed by atoms with van der Waals surface area (Å²) in [7, 11) is 0. The largest absolute Gasteiger partial charge is 0.371 e.